The first-order chi connectivity index (χ1) is 8.46. The van der Waals surface area contributed by atoms with Crippen molar-refractivity contribution in [2.24, 2.45) is 0 Å². The van der Waals surface area contributed by atoms with Gasteiger partial charge in [-0.2, -0.15) is 0 Å². The zero-order valence-corrected chi connectivity index (χ0v) is 14.8. The molecule has 0 atom stereocenters. The normalized spacial score (nSPS) is 12.4. The Labute approximate surface area is 118 Å². The van der Waals surface area contributed by atoms with Gasteiger partial charge in [0.25, 0.3) is 0 Å². The summed E-state index contributed by atoms with van der Waals surface area (Å²) in [6.07, 6.45) is 0. The second kappa shape index (κ2) is 5.26. The topological polar surface area (TPSA) is 0 Å². The minimum absolute atomic E-state index is 0.138. The monoisotopic (exact) mass is 366 g/mol. The van der Waals surface area contributed by atoms with Crippen LogP contribution in [-0.4, -0.2) is 17.3 Å². The van der Waals surface area contributed by atoms with Crippen LogP contribution in [0.1, 0.15) is 20.8 Å². The second-order valence-electron chi connectivity index (χ2n) is 5.64. The van der Waals surface area contributed by atoms with E-state index in [0.717, 1.165) is 0 Å². The van der Waals surface area contributed by atoms with Crippen LogP contribution in [0.3, 0.4) is 0 Å². The molecule has 0 unspecified atom stereocenters. The first-order valence-electron chi connectivity index (χ1n) is 6.26. The van der Waals surface area contributed by atoms with Gasteiger partial charge in [-0.1, -0.05) is 0 Å². The minimum atomic E-state index is -3.11. The maximum atomic E-state index is 7.28. The SMILES string of the molecule is C[C](C)(C)[Sn]([Cl])([c]1ccccc1)[c]1ccccc1. The van der Waals surface area contributed by atoms with Crippen molar-refractivity contribution >= 4 is 33.3 Å². The van der Waals surface area contributed by atoms with Gasteiger partial charge in [-0.05, 0) is 0 Å². The van der Waals surface area contributed by atoms with Crippen LogP contribution in [-0.2, 0) is 0 Å². The summed E-state index contributed by atoms with van der Waals surface area (Å²) in [6, 6.07) is 21.3. The first-order valence-corrected chi connectivity index (χ1v) is 14.2. The van der Waals surface area contributed by atoms with Crippen LogP contribution in [0.4, 0.5) is 0 Å². The second-order valence-corrected chi connectivity index (χ2v) is 20.8. The van der Waals surface area contributed by atoms with Gasteiger partial charge in [-0.15, -0.1) is 0 Å². The van der Waals surface area contributed by atoms with Crippen molar-refractivity contribution in [3.8, 4) is 0 Å². The average molecular weight is 365 g/mol. The number of rotatable bonds is 2. The molecule has 2 heteroatoms. The van der Waals surface area contributed by atoms with Gasteiger partial charge in [0.1, 0.15) is 0 Å². The zero-order valence-electron chi connectivity index (χ0n) is 11.2. The van der Waals surface area contributed by atoms with E-state index in [4.69, 9.17) is 8.92 Å². The van der Waals surface area contributed by atoms with E-state index in [2.05, 4.69) is 81.4 Å². The Balaban J connectivity index is 2.63. The Morgan fingerprint density at radius 3 is 1.33 bits per heavy atom. The molecule has 2 aromatic rings. The molecule has 0 aliphatic carbocycles. The van der Waals surface area contributed by atoms with E-state index in [1.165, 1.54) is 7.16 Å². The van der Waals surface area contributed by atoms with Crippen LogP contribution in [0.15, 0.2) is 60.7 Å². The van der Waals surface area contributed by atoms with E-state index in [0.29, 0.717) is 0 Å². The summed E-state index contributed by atoms with van der Waals surface area (Å²) in [6.45, 7) is 6.82. The van der Waals surface area contributed by atoms with Crippen LogP contribution < -0.4 is 7.16 Å². The van der Waals surface area contributed by atoms with Gasteiger partial charge in [-0.3, -0.25) is 0 Å². The van der Waals surface area contributed by atoms with Crippen molar-refractivity contribution in [3.05, 3.63) is 60.7 Å². The van der Waals surface area contributed by atoms with E-state index in [9.17, 15) is 0 Å². The van der Waals surface area contributed by atoms with Gasteiger partial charge in [0.05, 0.1) is 0 Å². The summed E-state index contributed by atoms with van der Waals surface area (Å²) in [5.41, 5.74) is 0. The Morgan fingerprint density at radius 1 is 0.722 bits per heavy atom. The molecular formula is C16H19ClSn. The van der Waals surface area contributed by atoms with E-state index in [1.54, 1.807) is 0 Å². The number of hydrogen-bond donors (Lipinski definition) is 0. The molecule has 94 valence electrons. The van der Waals surface area contributed by atoms with E-state index < -0.39 is 17.3 Å². The van der Waals surface area contributed by atoms with Gasteiger partial charge < -0.3 is 0 Å². The van der Waals surface area contributed by atoms with Crippen LogP contribution in [0.25, 0.3) is 0 Å². The fourth-order valence-electron chi connectivity index (χ4n) is 2.37. The predicted octanol–water partition coefficient (Wildman–Crippen LogP) is 3.79. The Bertz CT molecular complexity index is 460. The van der Waals surface area contributed by atoms with Crippen LogP contribution in [0.2, 0.25) is 3.43 Å². The van der Waals surface area contributed by atoms with Gasteiger partial charge >= 0.3 is 118 Å². The van der Waals surface area contributed by atoms with Gasteiger partial charge in [-0.25, -0.2) is 0 Å². The molecule has 0 saturated heterocycles. The third-order valence-corrected chi connectivity index (χ3v) is 22.5. The fourth-order valence-corrected chi connectivity index (χ4v) is 13.7. The summed E-state index contributed by atoms with van der Waals surface area (Å²) >= 11 is -3.11. The molecule has 0 N–H and O–H groups in total. The zero-order chi connectivity index (χ0) is 13.2. The molecule has 0 aliphatic heterocycles. The molecular weight excluding hydrogens is 346 g/mol. The number of halogens is 1. The molecule has 0 amide bonds. The Kier molecular flexibility index (Phi) is 4.08. The summed E-state index contributed by atoms with van der Waals surface area (Å²) in [7, 11) is 7.28. The summed E-state index contributed by atoms with van der Waals surface area (Å²) in [4.78, 5) is 0. The maximum absolute atomic E-state index is 7.28. The molecule has 18 heavy (non-hydrogen) atoms. The van der Waals surface area contributed by atoms with E-state index >= 15 is 0 Å². The molecule has 0 saturated carbocycles. The molecule has 0 aromatic heterocycles. The summed E-state index contributed by atoms with van der Waals surface area (Å²) in [5.74, 6) is 0. The van der Waals surface area contributed by atoms with Crippen LogP contribution >= 0.6 is 8.92 Å². The standard InChI is InChI=1S/2C6H5.C4H9.ClH.Sn/c2*1-2-4-6-5-3-1;1-4(2)3;;/h2*1-5H;1-3H3;1H;/q;;;;+1/p-1. The van der Waals surface area contributed by atoms with Crippen molar-refractivity contribution in [3.63, 3.8) is 0 Å². The average Bonchev–Trinajstić information content (AvgIpc) is 2.38. The summed E-state index contributed by atoms with van der Waals surface area (Å²) < 4.78 is 2.85. The quantitative estimate of drug-likeness (QED) is 0.711. The molecule has 2 rings (SSSR count). The van der Waals surface area contributed by atoms with E-state index in [1.807, 2.05) is 0 Å². The summed E-state index contributed by atoms with van der Waals surface area (Å²) in [5, 5.41) is 0. The van der Waals surface area contributed by atoms with Crippen molar-refractivity contribution in [1.29, 1.82) is 0 Å². The van der Waals surface area contributed by atoms with Crippen molar-refractivity contribution < 1.29 is 0 Å². The number of hydrogen-bond acceptors (Lipinski definition) is 0. The Morgan fingerprint density at radius 2 is 1.06 bits per heavy atom. The van der Waals surface area contributed by atoms with Crippen molar-refractivity contribution in [2.45, 2.75) is 24.2 Å². The molecule has 0 radical (unpaired) electrons. The molecule has 0 heterocycles. The molecule has 0 bridgehead atoms. The predicted molar refractivity (Wildman–Crippen MR) is 83.5 cm³/mol. The van der Waals surface area contributed by atoms with Crippen LogP contribution in [0, 0.1) is 0 Å². The number of benzene rings is 2. The van der Waals surface area contributed by atoms with Crippen molar-refractivity contribution in [2.75, 3.05) is 0 Å². The van der Waals surface area contributed by atoms with Gasteiger partial charge in [0.2, 0.25) is 0 Å². The van der Waals surface area contributed by atoms with Crippen LogP contribution in [0.5, 0.6) is 0 Å². The molecule has 0 fully saturated rings. The molecule has 0 aliphatic rings. The van der Waals surface area contributed by atoms with Crippen molar-refractivity contribution in [1.82, 2.24) is 0 Å². The molecule has 0 spiro atoms. The van der Waals surface area contributed by atoms with Gasteiger partial charge in [0.15, 0.2) is 0 Å². The van der Waals surface area contributed by atoms with Gasteiger partial charge in [0, 0.05) is 0 Å². The Hall–Kier alpha value is -0.471. The molecule has 0 nitrogen and oxygen atoms in total. The molecule has 2 aromatic carbocycles. The fraction of sp³-hybridized carbons (Fsp3) is 0.250. The third-order valence-electron chi connectivity index (χ3n) is 3.38. The third kappa shape index (κ3) is 2.46. The van der Waals surface area contributed by atoms with E-state index in [-0.39, 0.29) is 3.43 Å². The first kappa shape index (κ1) is 13.9.